The van der Waals surface area contributed by atoms with Crippen LogP contribution in [0.4, 0.5) is 0 Å². The number of fused-ring (bicyclic) bond motifs is 1. The number of halogens is 2. The maximum atomic E-state index is 12.6. The Hall–Kier alpha value is -3.01. The van der Waals surface area contributed by atoms with Crippen LogP contribution in [0.3, 0.4) is 0 Å². The molecule has 3 aromatic carbocycles. The fourth-order valence-corrected chi connectivity index (χ4v) is 3.46. The van der Waals surface area contributed by atoms with Crippen molar-refractivity contribution < 1.29 is 14.3 Å². The molecule has 0 aromatic heterocycles. The van der Waals surface area contributed by atoms with Crippen LogP contribution in [0.1, 0.15) is 27.0 Å². The van der Waals surface area contributed by atoms with Gasteiger partial charge in [-0.2, -0.15) is 0 Å². The van der Waals surface area contributed by atoms with E-state index in [0.29, 0.717) is 39.3 Å². The lowest BCUT2D eigenvalue weighted by molar-refractivity contribution is 0.101. The molecule has 4 rings (SSSR count). The normalized spacial score (nSPS) is 13.9. The van der Waals surface area contributed by atoms with Gasteiger partial charge in [-0.1, -0.05) is 66.2 Å². The highest BCUT2D eigenvalue weighted by atomic mass is 35.5. The van der Waals surface area contributed by atoms with Crippen molar-refractivity contribution in [3.63, 3.8) is 0 Å². The minimum Gasteiger partial charge on any atom is -0.489 e. The first-order chi connectivity index (χ1) is 14.0. The summed E-state index contributed by atoms with van der Waals surface area (Å²) in [7, 11) is 0. The zero-order chi connectivity index (χ0) is 20.4. The molecule has 0 saturated carbocycles. The lowest BCUT2D eigenvalue weighted by atomic mass is 10.1. The largest absolute Gasteiger partial charge is 0.489 e. The van der Waals surface area contributed by atoms with E-state index in [4.69, 9.17) is 32.7 Å². The summed E-state index contributed by atoms with van der Waals surface area (Å²) in [6, 6.07) is 18.2. The van der Waals surface area contributed by atoms with E-state index in [1.807, 2.05) is 24.3 Å². The molecule has 0 aliphatic carbocycles. The molecule has 144 valence electrons. The second kappa shape index (κ2) is 8.16. The van der Waals surface area contributed by atoms with E-state index in [2.05, 4.69) is 6.58 Å². The fraction of sp³-hybridized carbons (Fsp3) is 0.0417. The summed E-state index contributed by atoms with van der Waals surface area (Å²) in [4.78, 5) is 12.6. The van der Waals surface area contributed by atoms with Crippen LogP contribution in [0.25, 0.3) is 12.2 Å². The lowest BCUT2D eigenvalue weighted by Gasteiger charge is -2.08. The molecule has 0 atom stereocenters. The molecule has 1 aliphatic heterocycles. The molecule has 0 amide bonds. The monoisotopic (exact) mass is 422 g/mol. The van der Waals surface area contributed by atoms with E-state index in [1.165, 1.54) is 0 Å². The number of carbonyl (C=O) groups is 1. The highest BCUT2D eigenvalue weighted by Crippen LogP contribution is 2.36. The summed E-state index contributed by atoms with van der Waals surface area (Å²) in [5.74, 6) is 1.01. The van der Waals surface area contributed by atoms with Crippen LogP contribution in [-0.2, 0) is 6.61 Å². The summed E-state index contributed by atoms with van der Waals surface area (Å²) in [5, 5.41) is 0.896. The molecule has 3 nitrogen and oxygen atoms in total. The summed E-state index contributed by atoms with van der Waals surface area (Å²) in [6.45, 7) is 4.15. The Balaban J connectivity index is 1.52. The van der Waals surface area contributed by atoms with Crippen LogP contribution < -0.4 is 9.47 Å². The summed E-state index contributed by atoms with van der Waals surface area (Å²) in [6.07, 6.45) is 3.36. The Morgan fingerprint density at radius 1 is 1.00 bits per heavy atom. The second-order valence-electron chi connectivity index (χ2n) is 6.47. The maximum absolute atomic E-state index is 12.6. The minimum absolute atomic E-state index is 0.173. The van der Waals surface area contributed by atoms with Crippen LogP contribution >= 0.6 is 23.2 Å². The third-order valence-corrected chi connectivity index (χ3v) is 5.20. The van der Waals surface area contributed by atoms with Crippen LogP contribution in [0.2, 0.25) is 10.0 Å². The van der Waals surface area contributed by atoms with Crippen molar-refractivity contribution in [3.8, 4) is 11.5 Å². The molecule has 1 heterocycles. The molecule has 0 saturated heterocycles. The Kier molecular flexibility index (Phi) is 5.43. The van der Waals surface area contributed by atoms with Crippen LogP contribution in [-0.4, -0.2) is 5.78 Å². The van der Waals surface area contributed by atoms with E-state index in [-0.39, 0.29) is 11.5 Å². The first kappa shape index (κ1) is 19.3. The quantitative estimate of drug-likeness (QED) is 0.422. The predicted molar refractivity (Wildman–Crippen MR) is 117 cm³/mol. The van der Waals surface area contributed by atoms with Crippen molar-refractivity contribution in [1.29, 1.82) is 0 Å². The van der Waals surface area contributed by atoms with Gasteiger partial charge in [-0.3, -0.25) is 4.79 Å². The van der Waals surface area contributed by atoms with Crippen LogP contribution in [0.15, 0.2) is 73.0 Å². The van der Waals surface area contributed by atoms with Crippen molar-refractivity contribution in [2.45, 2.75) is 6.61 Å². The highest BCUT2D eigenvalue weighted by molar-refractivity contribution is 6.37. The Morgan fingerprint density at radius 3 is 2.41 bits per heavy atom. The standard InChI is InChI=1S/C24H16Cl2O3/c1-2-15-6-8-16(9-7-15)14-28-17-10-11-18-22(12-17)29-23(24(18)27)13-19-20(25)4-3-5-21(19)26/h2-13H,1,14H2/b23-13-. The molecule has 5 heteroatoms. The van der Waals surface area contributed by atoms with Gasteiger partial charge in [-0.05, 0) is 41.5 Å². The molecule has 1 aliphatic rings. The molecule has 0 bridgehead atoms. The van der Waals surface area contributed by atoms with E-state index in [9.17, 15) is 4.79 Å². The predicted octanol–water partition coefficient (Wildman–Crippen LogP) is 6.83. The second-order valence-corrected chi connectivity index (χ2v) is 7.28. The van der Waals surface area contributed by atoms with Gasteiger partial charge >= 0.3 is 0 Å². The minimum atomic E-state index is -0.220. The molecule has 0 N–H and O–H groups in total. The van der Waals surface area contributed by atoms with E-state index < -0.39 is 0 Å². The van der Waals surface area contributed by atoms with Crippen molar-refractivity contribution >= 4 is 41.1 Å². The maximum Gasteiger partial charge on any atom is 0.231 e. The van der Waals surface area contributed by atoms with Gasteiger partial charge in [0.1, 0.15) is 18.1 Å². The van der Waals surface area contributed by atoms with E-state index in [0.717, 1.165) is 11.1 Å². The summed E-state index contributed by atoms with van der Waals surface area (Å²) >= 11 is 12.4. The summed E-state index contributed by atoms with van der Waals surface area (Å²) in [5.41, 5.74) is 3.10. The number of rotatable bonds is 5. The number of ketones is 1. The highest BCUT2D eigenvalue weighted by Gasteiger charge is 2.28. The van der Waals surface area contributed by atoms with Gasteiger partial charge < -0.3 is 9.47 Å². The van der Waals surface area contributed by atoms with Crippen molar-refractivity contribution in [3.05, 3.63) is 105 Å². The van der Waals surface area contributed by atoms with Gasteiger partial charge in [0.2, 0.25) is 5.78 Å². The Morgan fingerprint density at radius 2 is 1.72 bits per heavy atom. The van der Waals surface area contributed by atoms with Crippen molar-refractivity contribution in [2.24, 2.45) is 0 Å². The smallest absolute Gasteiger partial charge is 0.231 e. The molecular weight excluding hydrogens is 407 g/mol. The SMILES string of the molecule is C=Cc1ccc(COc2ccc3c(c2)O/C(=C\c2c(Cl)cccc2Cl)C3=O)cc1. The first-order valence-electron chi connectivity index (χ1n) is 8.91. The van der Waals surface area contributed by atoms with Gasteiger partial charge in [0, 0.05) is 21.7 Å². The third-order valence-electron chi connectivity index (χ3n) is 4.54. The molecular formula is C24H16Cl2O3. The number of benzene rings is 3. The number of ether oxygens (including phenoxy) is 2. The van der Waals surface area contributed by atoms with Gasteiger partial charge in [0.25, 0.3) is 0 Å². The molecule has 0 radical (unpaired) electrons. The average Bonchev–Trinajstić information content (AvgIpc) is 3.04. The summed E-state index contributed by atoms with van der Waals surface area (Å²) < 4.78 is 11.6. The first-order valence-corrected chi connectivity index (χ1v) is 9.67. The van der Waals surface area contributed by atoms with Crippen LogP contribution in [0, 0.1) is 0 Å². The molecule has 0 fully saturated rings. The fourth-order valence-electron chi connectivity index (χ4n) is 2.95. The topological polar surface area (TPSA) is 35.5 Å². The number of Topliss-reactive ketones (excluding diaryl/α,β-unsaturated/α-hetero) is 1. The van der Waals surface area contributed by atoms with E-state index in [1.54, 1.807) is 48.6 Å². The molecule has 29 heavy (non-hydrogen) atoms. The Labute approximate surface area is 178 Å². The molecule has 3 aromatic rings. The number of carbonyl (C=O) groups excluding carboxylic acids is 1. The van der Waals surface area contributed by atoms with Crippen molar-refractivity contribution in [2.75, 3.05) is 0 Å². The van der Waals surface area contributed by atoms with Gasteiger partial charge in [-0.25, -0.2) is 0 Å². The lowest BCUT2D eigenvalue weighted by Crippen LogP contribution is -1.98. The van der Waals surface area contributed by atoms with Crippen molar-refractivity contribution in [1.82, 2.24) is 0 Å². The molecule has 0 spiro atoms. The molecule has 0 unspecified atom stereocenters. The van der Waals surface area contributed by atoms with E-state index >= 15 is 0 Å². The van der Waals surface area contributed by atoms with Crippen LogP contribution in [0.5, 0.6) is 11.5 Å². The van der Waals surface area contributed by atoms with Gasteiger partial charge in [0.05, 0.1) is 5.56 Å². The number of hydrogen-bond donors (Lipinski definition) is 0. The van der Waals surface area contributed by atoms with Gasteiger partial charge in [-0.15, -0.1) is 0 Å². The third kappa shape index (κ3) is 4.07. The average molecular weight is 423 g/mol. The Bertz CT molecular complexity index is 1110. The number of allylic oxidation sites excluding steroid dienone is 1. The zero-order valence-electron chi connectivity index (χ0n) is 15.3. The van der Waals surface area contributed by atoms with Gasteiger partial charge in [0.15, 0.2) is 5.76 Å². The number of hydrogen-bond acceptors (Lipinski definition) is 3. The zero-order valence-corrected chi connectivity index (χ0v) is 16.8.